The predicted molar refractivity (Wildman–Crippen MR) is 76.5 cm³/mol. The van der Waals surface area contributed by atoms with Crippen LogP contribution < -0.4 is 10.5 Å². The van der Waals surface area contributed by atoms with E-state index >= 15 is 0 Å². The summed E-state index contributed by atoms with van der Waals surface area (Å²) >= 11 is 1.61. The number of hydrogen-bond acceptors (Lipinski definition) is 4. The largest absolute Gasteiger partial charge is 0.363 e. The Morgan fingerprint density at radius 1 is 1.37 bits per heavy atom. The number of aromatic nitrogens is 1. The Morgan fingerprint density at radius 3 is 2.63 bits per heavy atom. The Bertz CT molecular complexity index is 651. The summed E-state index contributed by atoms with van der Waals surface area (Å²) in [6.45, 7) is 4.64. The third-order valence-corrected chi connectivity index (χ3v) is 5.43. The first-order valence-electron chi connectivity index (χ1n) is 5.85. The molecule has 0 bridgehead atoms. The van der Waals surface area contributed by atoms with Gasteiger partial charge in [0.25, 0.3) is 0 Å². The fraction of sp³-hybridized carbons (Fsp3) is 0.333. The summed E-state index contributed by atoms with van der Waals surface area (Å²) in [5.74, 6) is 0. The Morgan fingerprint density at radius 2 is 2.11 bits per heavy atom. The van der Waals surface area contributed by atoms with Crippen LogP contribution in [0.4, 0.5) is 0 Å². The molecule has 0 fully saturated rings. The molecular weight excluding hydrogens is 282 g/mol. The fourth-order valence-electron chi connectivity index (χ4n) is 1.68. The number of hydrogen-bond donors (Lipinski definition) is 3. The van der Waals surface area contributed by atoms with Crippen molar-refractivity contribution in [1.29, 1.82) is 0 Å². The smallest absolute Gasteiger partial charge is 0.242 e. The molecule has 0 aromatic carbocycles. The molecule has 0 amide bonds. The number of rotatable bonds is 5. The van der Waals surface area contributed by atoms with Crippen molar-refractivity contribution < 1.29 is 8.42 Å². The summed E-state index contributed by atoms with van der Waals surface area (Å²) < 4.78 is 26.7. The van der Waals surface area contributed by atoms with Crippen molar-refractivity contribution in [2.45, 2.75) is 31.8 Å². The number of aromatic amines is 1. The van der Waals surface area contributed by atoms with Gasteiger partial charge in [-0.1, -0.05) is 0 Å². The number of aryl methyl sites for hydroxylation is 2. The first kappa shape index (κ1) is 14.3. The van der Waals surface area contributed by atoms with Crippen molar-refractivity contribution in [3.63, 3.8) is 0 Å². The molecular formula is C12H17N3O2S2. The number of nitrogens with one attached hydrogen (secondary N) is 2. The third kappa shape index (κ3) is 3.24. The third-order valence-electron chi connectivity index (χ3n) is 2.90. The maximum atomic E-state index is 12.1. The van der Waals surface area contributed by atoms with Crippen molar-refractivity contribution in [3.05, 3.63) is 39.3 Å². The Labute approximate surface area is 116 Å². The van der Waals surface area contributed by atoms with Crippen LogP contribution in [0.2, 0.25) is 0 Å². The Hall–Kier alpha value is -1.15. The van der Waals surface area contributed by atoms with Crippen LogP contribution in [0.3, 0.4) is 0 Å². The number of nitrogens with two attached hydrogens (primary N) is 1. The lowest BCUT2D eigenvalue weighted by atomic mass is 10.3. The highest BCUT2D eigenvalue weighted by Gasteiger charge is 2.16. The quantitative estimate of drug-likeness (QED) is 0.784. The van der Waals surface area contributed by atoms with E-state index in [1.54, 1.807) is 17.4 Å². The number of sulfonamides is 1. The molecule has 2 heterocycles. The summed E-state index contributed by atoms with van der Waals surface area (Å²) in [5.41, 5.74) is 7.33. The molecule has 2 rings (SSSR count). The van der Waals surface area contributed by atoms with Gasteiger partial charge >= 0.3 is 0 Å². The van der Waals surface area contributed by atoms with Gasteiger partial charge in [-0.25, -0.2) is 13.1 Å². The lowest BCUT2D eigenvalue weighted by molar-refractivity contribution is 0.582. The zero-order valence-electron chi connectivity index (χ0n) is 10.9. The van der Waals surface area contributed by atoms with Crippen molar-refractivity contribution in [3.8, 4) is 0 Å². The molecule has 7 heteroatoms. The molecule has 2 aromatic rings. The number of H-pyrrole nitrogens is 1. The molecule has 4 N–H and O–H groups in total. The topological polar surface area (TPSA) is 88.0 Å². The maximum absolute atomic E-state index is 12.1. The van der Waals surface area contributed by atoms with Crippen molar-refractivity contribution in [2.75, 3.05) is 0 Å². The van der Waals surface area contributed by atoms with Crippen molar-refractivity contribution in [1.82, 2.24) is 9.71 Å². The molecule has 0 aliphatic rings. The zero-order valence-corrected chi connectivity index (χ0v) is 12.5. The van der Waals surface area contributed by atoms with Gasteiger partial charge < -0.3 is 10.7 Å². The van der Waals surface area contributed by atoms with Gasteiger partial charge in [0.2, 0.25) is 10.0 Å². The zero-order chi connectivity index (χ0) is 14.0. The molecule has 0 aliphatic carbocycles. The van der Waals surface area contributed by atoms with Gasteiger partial charge in [0.15, 0.2) is 0 Å². The fourth-order valence-corrected chi connectivity index (χ4v) is 3.79. The first-order chi connectivity index (χ1) is 8.92. The highest BCUT2D eigenvalue weighted by molar-refractivity contribution is 7.89. The minimum absolute atomic E-state index is 0.220. The van der Waals surface area contributed by atoms with Crippen LogP contribution in [0.1, 0.15) is 21.0 Å². The molecule has 104 valence electrons. The Balaban J connectivity index is 2.09. The van der Waals surface area contributed by atoms with Gasteiger partial charge in [0.05, 0.1) is 4.90 Å². The van der Waals surface area contributed by atoms with Crippen LogP contribution in [0.5, 0.6) is 0 Å². The molecule has 0 aliphatic heterocycles. The average Bonchev–Trinajstić information content (AvgIpc) is 2.95. The SMILES string of the molecule is Cc1cc(CNS(=O)(=O)c2c[nH]c(CN)c2)sc1C. The molecule has 0 unspecified atom stereocenters. The lowest BCUT2D eigenvalue weighted by Crippen LogP contribution is -2.22. The molecule has 0 radical (unpaired) electrons. The minimum Gasteiger partial charge on any atom is -0.363 e. The van der Waals surface area contributed by atoms with E-state index in [4.69, 9.17) is 5.73 Å². The summed E-state index contributed by atoms with van der Waals surface area (Å²) in [7, 11) is -3.48. The van der Waals surface area contributed by atoms with Crippen molar-refractivity contribution in [2.24, 2.45) is 5.73 Å². The standard InChI is InChI=1S/C12H17N3O2S2/c1-8-3-11(18-9(8)2)6-15-19(16,17)12-4-10(5-13)14-7-12/h3-4,7,14-15H,5-6,13H2,1-2H3. The normalized spacial score (nSPS) is 11.9. The van der Waals surface area contributed by atoms with Crippen LogP contribution in [0, 0.1) is 13.8 Å². The van der Waals surface area contributed by atoms with E-state index in [-0.39, 0.29) is 4.90 Å². The molecule has 19 heavy (non-hydrogen) atoms. The van der Waals surface area contributed by atoms with Gasteiger partial charge in [-0.05, 0) is 31.5 Å². The second kappa shape index (κ2) is 5.46. The van der Waals surface area contributed by atoms with E-state index in [9.17, 15) is 8.42 Å². The second-order valence-corrected chi connectivity index (χ2v) is 7.45. The minimum atomic E-state index is -3.48. The molecule has 0 saturated carbocycles. The monoisotopic (exact) mass is 299 g/mol. The second-order valence-electron chi connectivity index (χ2n) is 4.34. The van der Waals surface area contributed by atoms with Crippen LogP contribution in [-0.4, -0.2) is 13.4 Å². The van der Waals surface area contributed by atoms with Gasteiger partial charge in [0, 0.05) is 34.7 Å². The summed E-state index contributed by atoms with van der Waals surface area (Å²) in [5, 5.41) is 0. The average molecular weight is 299 g/mol. The summed E-state index contributed by atoms with van der Waals surface area (Å²) in [6.07, 6.45) is 1.45. The van der Waals surface area contributed by atoms with E-state index in [1.807, 2.05) is 19.9 Å². The van der Waals surface area contributed by atoms with Crippen LogP contribution in [0.25, 0.3) is 0 Å². The van der Waals surface area contributed by atoms with Crippen molar-refractivity contribution >= 4 is 21.4 Å². The van der Waals surface area contributed by atoms with E-state index in [0.717, 1.165) is 4.88 Å². The summed E-state index contributed by atoms with van der Waals surface area (Å²) in [4.78, 5) is 5.27. The Kier molecular flexibility index (Phi) is 4.10. The van der Waals surface area contributed by atoms with Gasteiger partial charge in [-0.15, -0.1) is 11.3 Å². The van der Waals surface area contributed by atoms with Gasteiger partial charge in [-0.2, -0.15) is 0 Å². The van der Waals surface area contributed by atoms with Gasteiger partial charge in [0.1, 0.15) is 0 Å². The van der Waals surface area contributed by atoms with E-state index < -0.39 is 10.0 Å². The molecule has 0 spiro atoms. The molecule has 0 saturated heterocycles. The van der Waals surface area contributed by atoms with E-state index in [0.29, 0.717) is 18.8 Å². The number of thiophene rings is 1. The van der Waals surface area contributed by atoms with Crippen LogP contribution >= 0.6 is 11.3 Å². The van der Waals surface area contributed by atoms with E-state index in [1.165, 1.54) is 16.6 Å². The van der Waals surface area contributed by atoms with Gasteiger partial charge in [-0.3, -0.25) is 0 Å². The summed E-state index contributed by atoms with van der Waals surface area (Å²) in [6, 6.07) is 3.55. The van der Waals surface area contributed by atoms with Crippen LogP contribution in [-0.2, 0) is 23.1 Å². The first-order valence-corrected chi connectivity index (χ1v) is 8.15. The predicted octanol–water partition coefficient (Wildman–Crippen LogP) is 1.63. The highest BCUT2D eigenvalue weighted by Crippen LogP contribution is 2.21. The molecule has 2 aromatic heterocycles. The lowest BCUT2D eigenvalue weighted by Gasteiger charge is -2.02. The van der Waals surface area contributed by atoms with Crippen LogP contribution in [0.15, 0.2) is 23.2 Å². The molecule has 0 atom stereocenters. The van der Waals surface area contributed by atoms with E-state index in [2.05, 4.69) is 9.71 Å². The highest BCUT2D eigenvalue weighted by atomic mass is 32.2. The maximum Gasteiger partial charge on any atom is 0.242 e. The molecule has 5 nitrogen and oxygen atoms in total.